The molecule has 2 aromatic rings. The zero-order valence-electron chi connectivity index (χ0n) is 11.9. The monoisotopic (exact) mass is 267 g/mol. The lowest BCUT2D eigenvalue weighted by molar-refractivity contribution is 0.0351. The van der Waals surface area contributed by atoms with E-state index in [1.165, 1.54) is 16.8 Å². The molecule has 0 aromatic heterocycles. The number of nitrogens with zero attached hydrogens (tertiary/aromatic N) is 1. The van der Waals surface area contributed by atoms with Crippen LogP contribution in [0.25, 0.3) is 11.1 Å². The Morgan fingerprint density at radius 3 is 2.20 bits per heavy atom. The Morgan fingerprint density at radius 2 is 1.50 bits per heavy atom. The summed E-state index contributed by atoms with van der Waals surface area (Å²) < 4.78 is 0. The molecule has 0 saturated carbocycles. The molecular formula is C18H21NO. The van der Waals surface area contributed by atoms with Crippen LogP contribution in [0.4, 0.5) is 5.69 Å². The third-order valence-corrected chi connectivity index (χ3v) is 4.17. The highest BCUT2D eigenvalue weighted by atomic mass is 16.3. The summed E-state index contributed by atoms with van der Waals surface area (Å²) in [6, 6.07) is 19.0. The summed E-state index contributed by atoms with van der Waals surface area (Å²) in [5.74, 6) is 0. The topological polar surface area (TPSA) is 23.5 Å². The second-order valence-corrected chi connectivity index (χ2v) is 5.87. The summed E-state index contributed by atoms with van der Waals surface area (Å²) in [6.07, 6.45) is 1.66. The van der Waals surface area contributed by atoms with Gasteiger partial charge in [0.2, 0.25) is 0 Å². The van der Waals surface area contributed by atoms with E-state index >= 15 is 0 Å². The molecular weight excluding hydrogens is 246 g/mol. The average Bonchev–Trinajstić information content (AvgIpc) is 2.48. The molecule has 1 fully saturated rings. The van der Waals surface area contributed by atoms with Crippen LogP contribution in [-0.4, -0.2) is 23.8 Å². The molecule has 2 heteroatoms. The molecule has 3 rings (SSSR count). The van der Waals surface area contributed by atoms with Gasteiger partial charge < -0.3 is 10.0 Å². The Morgan fingerprint density at radius 1 is 0.900 bits per heavy atom. The third-order valence-electron chi connectivity index (χ3n) is 4.17. The SMILES string of the molecule is CC1(O)CCN(c2ccccc2-c2ccccc2)CC1. The van der Waals surface area contributed by atoms with Crippen molar-refractivity contribution in [2.45, 2.75) is 25.4 Å². The minimum absolute atomic E-state index is 0.502. The minimum Gasteiger partial charge on any atom is -0.390 e. The van der Waals surface area contributed by atoms with Crippen LogP contribution >= 0.6 is 0 Å². The van der Waals surface area contributed by atoms with E-state index in [2.05, 4.69) is 53.4 Å². The van der Waals surface area contributed by atoms with E-state index in [-0.39, 0.29) is 0 Å². The van der Waals surface area contributed by atoms with Crippen molar-refractivity contribution in [3.8, 4) is 11.1 Å². The van der Waals surface area contributed by atoms with Crippen LogP contribution in [0.1, 0.15) is 19.8 Å². The number of benzene rings is 2. The van der Waals surface area contributed by atoms with Gasteiger partial charge in [-0.1, -0.05) is 48.5 Å². The van der Waals surface area contributed by atoms with Crippen molar-refractivity contribution in [1.82, 2.24) is 0 Å². The Hall–Kier alpha value is -1.80. The van der Waals surface area contributed by atoms with Gasteiger partial charge in [-0.15, -0.1) is 0 Å². The van der Waals surface area contributed by atoms with Gasteiger partial charge in [0.25, 0.3) is 0 Å². The highest BCUT2D eigenvalue weighted by Gasteiger charge is 2.28. The fourth-order valence-electron chi connectivity index (χ4n) is 2.84. The molecule has 0 bridgehead atoms. The van der Waals surface area contributed by atoms with Gasteiger partial charge in [0, 0.05) is 24.3 Å². The maximum absolute atomic E-state index is 10.1. The molecule has 1 aliphatic heterocycles. The standard InChI is InChI=1S/C18H21NO/c1-18(20)11-13-19(14-12-18)17-10-6-5-9-16(17)15-7-3-2-4-8-15/h2-10,20H,11-14H2,1H3. The van der Waals surface area contributed by atoms with Crippen LogP contribution in [0.5, 0.6) is 0 Å². The first-order chi connectivity index (χ1) is 9.66. The van der Waals surface area contributed by atoms with Crippen molar-refractivity contribution in [2.24, 2.45) is 0 Å². The van der Waals surface area contributed by atoms with E-state index in [1.807, 2.05) is 13.0 Å². The van der Waals surface area contributed by atoms with Crippen LogP contribution < -0.4 is 4.90 Å². The maximum Gasteiger partial charge on any atom is 0.0653 e. The molecule has 2 aromatic carbocycles. The second kappa shape index (κ2) is 5.29. The van der Waals surface area contributed by atoms with E-state index in [0.29, 0.717) is 0 Å². The largest absolute Gasteiger partial charge is 0.390 e. The van der Waals surface area contributed by atoms with Crippen LogP contribution in [0.3, 0.4) is 0 Å². The van der Waals surface area contributed by atoms with Crippen molar-refractivity contribution in [2.75, 3.05) is 18.0 Å². The normalized spacial score (nSPS) is 18.0. The number of piperidine rings is 1. The molecule has 20 heavy (non-hydrogen) atoms. The number of para-hydroxylation sites is 1. The molecule has 0 amide bonds. The zero-order valence-corrected chi connectivity index (χ0v) is 11.9. The summed E-state index contributed by atoms with van der Waals surface area (Å²) in [4.78, 5) is 2.39. The van der Waals surface area contributed by atoms with Gasteiger partial charge >= 0.3 is 0 Å². The Kier molecular flexibility index (Phi) is 3.49. The molecule has 1 heterocycles. The third kappa shape index (κ3) is 2.70. The summed E-state index contributed by atoms with van der Waals surface area (Å²) in [6.45, 7) is 3.77. The first-order valence-electron chi connectivity index (χ1n) is 7.27. The van der Waals surface area contributed by atoms with Crippen molar-refractivity contribution >= 4 is 5.69 Å². The van der Waals surface area contributed by atoms with Crippen LogP contribution in [-0.2, 0) is 0 Å². The molecule has 0 radical (unpaired) electrons. The number of aliphatic hydroxyl groups is 1. The Labute approximate surface area is 120 Å². The van der Waals surface area contributed by atoms with Gasteiger partial charge in [0.15, 0.2) is 0 Å². The van der Waals surface area contributed by atoms with Crippen molar-refractivity contribution in [3.05, 3.63) is 54.6 Å². The lowest BCUT2D eigenvalue weighted by Crippen LogP contribution is -2.42. The smallest absolute Gasteiger partial charge is 0.0653 e. The van der Waals surface area contributed by atoms with E-state index < -0.39 is 5.60 Å². The van der Waals surface area contributed by atoms with Crippen molar-refractivity contribution < 1.29 is 5.11 Å². The molecule has 104 valence electrons. The molecule has 1 N–H and O–H groups in total. The molecule has 0 aliphatic carbocycles. The summed E-state index contributed by atoms with van der Waals surface area (Å²) in [5.41, 5.74) is 3.29. The molecule has 0 atom stereocenters. The van der Waals surface area contributed by atoms with E-state index in [4.69, 9.17) is 0 Å². The highest BCUT2D eigenvalue weighted by molar-refractivity contribution is 5.78. The van der Waals surface area contributed by atoms with Gasteiger partial charge in [0.05, 0.1) is 5.60 Å². The second-order valence-electron chi connectivity index (χ2n) is 5.87. The molecule has 1 saturated heterocycles. The van der Waals surface area contributed by atoms with Crippen molar-refractivity contribution in [3.63, 3.8) is 0 Å². The number of anilines is 1. The molecule has 1 aliphatic rings. The summed E-state index contributed by atoms with van der Waals surface area (Å²) in [7, 11) is 0. The number of rotatable bonds is 2. The van der Waals surface area contributed by atoms with Gasteiger partial charge in [-0.3, -0.25) is 0 Å². The number of hydrogen-bond acceptors (Lipinski definition) is 2. The first-order valence-corrected chi connectivity index (χ1v) is 7.27. The molecule has 2 nitrogen and oxygen atoms in total. The van der Waals surface area contributed by atoms with E-state index in [0.717, 1.165) is 25.9 Å². The lowest BCUT2D eigenvalue weighted by Gasteiger charge is -2.38. The van der Waals surface area contributed by atoms with E-state index in [9.17, 15) is 5.11 Å². The van der Waals surface area contributed by atoms with Gasteiger partial charge in [-0.2, -0.15) is 0 Å². The molecule has 0 spiro atoms. The quantitative estimate of drug-likeness (QED) is 0.896. The van der Waals surface area contributed by atoms with Crippen LogP contribution in [0.15, 0.2) is 54.6 Å². The fourth-order valence-corrected chi connectivity index (χ4v) is 2.84. The van der Waals surface area contributed by atoms with Gasteiger partial charge in [-0.05, 0) is 31.4 Å². The van der Waals surface area contributed by atoms with Crippen LogP contribution in [0.2, 0.25) is 0 Å². The van der Waals surface area contributed by atoms with Gasteiger partial charge in [0.1, 0.15) is 0 Å². The Balaban J connectivity index is 1.91. The highest BCUT2D eigenvalue weighted by Crippen LogP contribution is 2.33. The Bertz CT molecular complexity index is 567. The predicted molar refractivity (Wildman–Crippen MR) is 83.9 cm³/mol. The van der Waals surface area contributed by atoms with Crippen LogP contribution in [0, 0.1) is 0 Å². The summed E-state index contributed by atoms with van der Waals surface area (Å²) in [5, 5.41) is 10.1. The predicted octanol–water partition coefficient (Wildman–Crippen LogP) is 3.70. The van der Waals surface area contributed by atoms with Crippen molar-refractivity contribution in [1.29, 1.82) is 0 Å². The fraction of sp³-hybridized carbons (Fsp3) is 0.333. The maximum atomic E-state index is 10.1. The minimum atomic E-state index is -0.502. The zero-order chi connectivity index (χ0) is 14.0. The lowest BCUT2D eigenvalue weighted by atomic mass is 9.92. The molecule has 0 unspecified atom stereocenters. The van der Waals surface area contributed by atoms with E-state index in [1.54, 1.807) is 0 Å². The average molecular weight is 267 g/mol. The number of hydrogen-bond donors (Lipinski definition) is 1. The first kappa shape index (κ1) is 13.2. The summed E-state index contributed by atoms with van der Waals surface area (Å²) >= 11 is 0. The van der Waals surface area contributed by atoms with Gasteiger partial charge in [-0.25, -0.2) is 0 Å².